The molecule has 0 unspecified atom stereocenters. The topological polar surface area (TPSA) is 32.3 Å². The van der Waals surface area contributed by atoms with Gasteiger partial charge in [0.05, 0.1) is 0 Å². The Bertz CT molecular complexity index is 410. The van der Waals surface area contributed by atoms with Crippen molar-refractivity contribution < 1.29 is 4.79 Å². The highest BCUT2D eigenvalue weighted by Crippen LogP contribution is 2.27. The molecule has 0 spiro atoms. The average Bonchev–Trinajstić information content (AvgIpc) is 3.05. The molecule has 20 heavy (non-hydrogen) atoms. The van der Waals surface area contributed by atoms with Gasteiger partial charge in [0.25, 0.3) is 0 Å². The minimum absolute atomic E-state index is 0. The molecule has 2 aliphatic rings. The van der Waals surface area contributed by atoms with Gasteiger partial charge >= 0.3 is 0 Å². The van der Waals surface area contributed by atoms with Crippen molar-refractivity contribution in [1.82, 2.24) is 10.2 Å². The van der Waals surface area contributed by atoms with Crippen molar-refractivity contribution in [2.45, 2.75) is 25.7 Å². The van der Waals surface area contributed by atoms with Gasteiger partial charge in [-0.1, -0.05) is 0 Å². The third-order valence-electron chi connectivity index (χ3n) is 4.58. The number of rotatable bonds is 3. The van der Waals surface area contributed by atoms with E-state index in [1.807, 2.05) is 0 Å². The molecule has 0 radical (unpaired) electrons. The molecule has 1 aromatic rings. The minimum Gasteiger partial charge on any atom is -0.343 e. The van der Waals surface area contributed by atoms with Crippen molar-refractivity contribution in [3.05, 3.63) is 22.4 Å². The number of hydrogen-bond acceptors (Lipinski definition) is 3. The Morgan fingerprint density at radius 3 is 2.60 bits per heavy atom. The molecule has 1 amide bonds. The molecule has 1 N–H and O–H groups in total. The van der Waals surface area contributed by atoms with E-state index in [-0.39, 0.29) is 12.4 Å². The fourth-order valence-corrected chi connectivity index (χ4v) is 4.01. The molecule has 2 aliphatic heterocycles. The van der Waals surface area contributed by atoms with Crippen LogP contribution in [0.1, 0.15) is 24.8 Å². The maximum absolute atomic E-state index is 12.3. The molecule has 1 aromatic heterocycles. The zero-order chi connectivity index (χ0) is 13.1. The zero-order valence-electron chi connectivity index (χ0n) is 11.7. The van der Waals surface area contributed by atoms with E-state index in [0.717, 1.165) is 44.4 Å². The Balaban J connectivity index is 0.00000147. The van der Waals surface area contributed by atoms with Gasteiger partial charge in [0.1, 0.15) is 0 Å². The lowest BCUT2D eigenvalue weighted by Crippen LogP contribution is -2.32. The fraction of sp³-hybridized carbons (Fsp3) is 0.667. The number of amides is 1. The molecule has 5 heteroatoms. The summed E-state index contributed by atoms with van der Waals surface area (Å²) in [7, 11) is 0. The number of carbonyl (C=O) groups excluding carboxylic acids is 1. The van der Waals surface area contributed by atoms with Crippen LogP contribution in [-0.4, -0.2) is 37.0 Å². The van der Waals surface area contributed by atoms with Crippen LogP contribution in [0.5, 0.6) is 0 Å². The first-order valence-corrected chi connectivity index (χ1v) is 8.27. The Hall–Kier alpha value is -0.580. The van der Waals surface area contributed by atoms with Crippen LogP contribution < -0.4 is 5.32 Å². The number of aryl methyl sites for hydroxylation is 1. The quantitative estimate of drug-likeness (QED) is 0.930. The molecule has 3 rings (SSSR count). The number of hydrogen-bond donors (Lipinski definition) is 1. The van der Waals surface area contributed by atoms with E-state index in [9.17, 15) is 4.79 Å². The van der Waals surface area contributed by atoms with Crippen LogP contribution in [0.15, 0.2) is 16.8 Å². The summed E-state index contributed by atoms with van der Waals surface area (Å²) >= 11 is 1.71. The number of likely N-dealkylation sites (tertiary alicyclic amines) is 1. The van der Waals surface area contributed by atoms with Crippen LogP contribution in [0.3, 0.4) is 0 Å². The maximum Gasteiger partial charge on any atom is 0.222 e. The summed E-state index contributed by atoms with van der Waals surface area (Å²) in [5.41, 5.74) is 1.30. The molecule has 112 valence electrons. The van der Waals surface area contributed by atoms with Gasteiger partial charge in [-0.3, -0.25) is 4.79 Å². The third kappa shape index (κ3) is 3.74. The van der Waals surface area contributed by atoms with Gasteiger partial charge in [-0.2, -0.15) is 11.3 Å². The normalized spacial score (nSPS) is 25.7. The van der Waals surface area contributed by atoms with Gasteiger partial charge in [0, 0.05) is 19.5 Å². The van der Waals surface area contributed by atoms with Crippen LogP contribution in [0.2, 0.25) is 0 Å². The summed E-state index contributed by atoms with van der Waals surface area (Å²) in [6, 6.07) is 2.12. The average molecular weight is 315 g/mol. The summed E-state index contributed by atoms with van der Waals surface area (Å²) in [6.45, 7) is 4.24. The minimum atomic E-state index is 0. The molecular weight excluding hydrogens is 292 g/mol. The SMILES string of the molecule is Cl.O=C(CCc1ccsc1)N1CC[C@@H]2CNC[C@@H]2CC1. The second kappa shape index (κ2) is 7.43. The van der Waals surface area contributed by atoms with E-state index in [2.05, 4.69) is 27.0 Å². The van der Waals surface area contributed by atoms with Gasteiger partial charge in [-0.15, -0.1) is 12.4 Å². The predicted molar refractivity (Wildman–Crippen MR) is 85.6 cm³/mol. The molecule has 0 aromatic carbocycles. The monoisotopic (exact) mass is 314 g/mol. The van der Waals surface area contributed by atoms with Gasteiger partial charge in [0.2, 0.25) is 5.91 Å². The number of carbonyl (C=O) groups is 1. The predicted octanol–water partition coefficient (Wildman–Crippen LogP) is 2.56. The van der Waals surface area contributed by atoms with Crippen LogP contribution in [-0.2, 0) is 11.2 Å². The molecular formula is C15H23ClN2OS. The molecule has 2 atom stereocenters. The van der Waals surface area contributed by atoms with E-state index in [4.69, 9.17) is 0 Å². The highest BCUT2D eigenvalue weighted by atomic mass is 35.5. The number of thiophene rings is 1. The van der Waals surface area contributed by atoms with Crippen LogP contribution in [0.25, 0.3) is 0 Å². The lowest BCUT2D eigenvalue weighted by Gasteiger charge is -2.20. The first-order chi connectivity index (χ1) is 9.33. The van der Waals surface area contributed by atoms with Crippen molar-refractivity contribution in [2.24, 2.45) is 11.8 Å². The molecule has 2 fully saturated rings. The van der Waals surface area contributed by atoms with Crippen LogP contribution >= 0.6 is 23.7 Å². The standard InChI is InChI=1S/C15H22N2OS.ClH/c18-15(2-1-12-5-8-19-11-12)17-6-3-13-9-16-10-14(13)4-7-17;/h5,8,11,13-14,16H,1-4,6-7,9-10H2;1H/t13-,14+;. The highest BCUT2D eigenvalue weighted by Gasteiger charge is 2.31. The lowest BCUT2D eigenvalue weighted by atomic mass is 9.92. The summed E-state index contributed by atoms with van der Waals surface area (Å²) < 4.78 is 0. The summed E-state index contributed by atoms with van der Waals surface area (Å²) in [5, 5.41) is 7.71. The van der Waals surface area contributed by atoms with Crippen molar-refractivity contribution in [2.75, 3.05) is 26.2 Å². The first-order valence-electron chi connectivity index (χ1n) is 7.32. The van der Waals surface area contributed by atoms with Gasteiger partial charge in [-0.25, -0.2) is 0 Å². The molecule has 0 bridgehead atoms. The molecule has 3 nitrogen and oxygen atoms in total. The van der Waals surface area contributed by atoms with Gasteiger partial charge in [-0.05, 0) is 66.6 Å². The maximum atomic E-state index is 12.3. The van der Waals surface area contributed by atoms with E-state index in [0.29, 0.717) is 12.3 Å². The van der Waals surface area contributed by atoms with Crippen LogP contribution in [0, 0.1) is 11.8 Å². The third-order valence-corrected chi connectivity index (χ3v) is 5.31. The van der Waals surface area contributed by atoms with Crippen molar-refractivity contribution in [3.8, 4) is 0 Å². The van der Waals surface area contributed by atoms with Gasteiger partial charge in [0.15, 0.2) is 0 Å². The molecule has 0 saturated carbocycles. The summed E-state index contributed by atoms with van der Waals surface area (Å²) in [6.07, 6.45) is 3.93. The smallest absolute Gasteiger partial charge is 0.222 e. The molecule has 0 aliphatic carbocycles. The lowest BCUT2D eigenvalue weighted by molar-refractivity contribution is -0.131. The van der Waals surface area contributed by atoms with Crippen LogP contribution in [0.4, 0.5) is 0 Å². The molecule has 2 saturated heterocycles. The first kappa shape index (κ1) is 15.8. The Morgan fingerprint density at radius 1 is 1.30 bits per heavy atom. The van der Waals surface area contributed by atoms with E-state index < -0.39 is 0 Å². The Morgan fingerprint density at radius 2 is 2.00 bits per heavy atom. The zero-order valence-corrected chi connectivity index (χ0v) is 13.3. The summed E-state index contributed by atoms with van der Waals surface area (Å²) in [4.78, 5) is 14.4. The fourth-order valence-electron chi connectivity index (χ4n) is 3.31. The number of fused-ring (bicyclic) bond motifs is 1. The van der Waals surface area contributed by atoms with E-state index in [1.165, 1.54) is 18.4 Å². The van der Waals surface area contributed by atoms with Gasteiger partial charge < -0.3 is 10.2 Å². The number of halogens is 1. The summed E-state index contributed by atoms with van der Waals surface area (Å²) in [5.74, 6) is 1.95. The molecule has 3 heterocycles. The number of nitrogens with zero attached hydrogens (tertiary/aromatic N) is 1. The second-order valence-corrected chi connectivity index (χ2v) is 6.55. The largest absolute Gasteiger partial charge is 0.343 e. The number of nitrogens with one attached hydrogen (secondary N) is 1. The Labute approximate surface area is 131 Å². The second-order valence-electron chi connectivity index (χ2n) is 5.77. The van der Waals surface area contributed by atoms with Crippen molar-refractivity contribution in [3.63, 3.8) is 0 Å². The van der Waals surface area contributed by atoms with Crippen molar-refractivity contribution in [1.29, 1.82) is 0 Å². The van der Waals surface area contributed by atoms with E-state index in [1.54, 1.807) is 11.3 Å². The van der Waals surface area contributed by atoms with E-state index >= 15 is 0 Å². The highest BCUT2D eigenvalue weighted by molar-refractivity contribution is 7.07. The Kier molecular flexibility index (Phi) is 5.87. The van der Waals surface area contributed by atoms with Crippen molar-refractivity contribution >= 4 is 29.7 Å².